The van der Waals surface area contributed by atoms with E-state index >= 15 is 0 Å². The molecule has 4 heteroatoms. The van der Waals surface area contributed by atoms with Gasteiger partial charge in [0.2, 0.25) is 5.91 Å². The molecule has 4 nitrogen and oxygen atoms in total. The summed E-state index contributed by atoms with van der Waals surface area (Å²) in [5.74, 6) is 0.403. The third-order valence-electron chi connectivity index (χ3n) is 2.17. The average molecular weight is 223 g/mol. The van der Waals surface area contributed by atoms with E-state index in [2.05, 4.69) is 12.2 Å². The van der Waals surface area contributed by atoms with Gasteiger partial charge in [-0.05, 0) is 24.1 Å². The van der Waals surface area contributed by atoms with E-state index in [0.29, 0.717) is 13.2 Å². The highest BCUT2D eigenvalue weighted by atomic mass is 16.5. The number of hydrogen-bond donors (Lipinski definition) is 2. The van der Waals surface area contributed by atoms with Crippen molar-refractivity contribution < 1.29 is 14.6 Å². The van der Waals surface area contributed by atoms with Crippen LogP contribution in [0.2, 0.25) is 0 Å². The maximum absolute atomic E-state index is 10.7. The molecule has 1 rings (SSSR count). The third kappa shape index (κ3) is 4.31. The lowest BCUT2D eigenvalue weighted by Gasteiger charge is -2.07. The van der Waals surface area contributed by atoms with Crippen LogP contribution in [0.4, 0.5) is 0 Å². The molecule has 1 amide bonds. The molecule has 0 aliphatic heterocycles. The second-order valence-corrected chi connectivity index (χ2v) is 3.35. The highest BCUT2D eigenvalue weighted by Crippen LogP contribution is 2.11. The van der Waals surface area contributed by atoms with Crippen molar-refractivity contribution in [1.29, 1.82) is 0 Å². The number of aryl methyl sites for hydroxylation is 1. The van der Waals surface area contributed by atoms with Gasteiger partial charge in [0.05, 0.1) is 6.54 Å². The summed E-state index contributed by atoms with van der Waals surface area (Å²) >= 11 is 0. The van der Waals surface area contributed by atoms with Crippen molar-refractivity contribution in [3.63, 3.8) is 0 Å². The van der Waals surface area contributed by atoms with E-state index in [1.54, 1.807) is 0 Å². The highest BCUT2D eigenvalue weighted by Gasteiger charge is 1.97. The molecule has 0 aliphatic rings. The summed E-state index contributed by atoms with van der Waals surface area (Å²) in [7, 11) is 0. The Morgan fingerprint density at radius 2 is 2.06 bits per heavy atom. The Labute approximate surface area is 95.2 Å². The van der Waals surface area contributed by atoms with Crippen molar-refractivity contribution in [3.8, 4) is 5.75 Å². The Hall–Kier alpha value is -1.55. The predicted octanol–water partition coefficient (Wildman–Crippen LogP) is 0.736. The van der Waals surface area contributed by atoms with Gasteiger partial charge in [-0.3, -0.25) is 4.79 Å². The smallest absolute Gasteiger partial charge is 0.245 e. The number of hydrogen-bond acceptors (Lipinski definition) is 3. The number of rotatable bonds is 6. The van der Waals surface area contributed by atoms with Gasteiger partial charge in [0, 0.05) is 0 Å². The molecular formula is C12H17NO3. The molecule has 0 aromatic heterocycles. The van der Waals surface area contributed by atoms with Gasteiger partial charge < -0.3 is 15.2 Å². The van der Waals surface area contributed by atoms with Crippen LogP contribution in [0.25, 0.3) is 0 Å². The Morgan fingerprint density at radius 3 is 2.62 bits per heavy atom. The van der Waals surface area contributed by atoms with Crippen molar-refractivity contribution >= 4 is 5.91 Å². The van der Waals surface area contributed by atoms with Crippen molar-refractivity contribution in [1.82, 2.24) is 5.32 Å². The molecule has 0 radical (unpaired) electrons. The van der Waals surface area contributed by atoms with Gasteiger partial charge in [0.25, 0.3) is 0 Å². The number of aliphatic hydroxyl groups is 1. The first-order valence-electron chi connectivity index (χ1n) is 5.35. The minimum atomic E-state index is -0.481. The quantitative estimate of drug-likeness (QED) is 0.699. The van der Waals surface area contributed by atoms with Gasteiger partial charge >= 0.3 is 0 Å². The summed E-state index contributed by atoms with van der Waals surface area (Å²) in [6.45, 7) is 2.41. The van der Waals surface area contributed by atoms with E-state index in [9.17, 15) is 4.79 Å². The van der Waals surface area contributed by atoms with Gasteiger partial charge in [0.1, 0.15) is 19.0 Å². The molecule has 0 fully saturated rings. The topological polar surface area (TPSA) is 58.6 Å². The third-order valence-corrected chi connectivity index (χ3v) is 2.17. The maximum atomic E-state index is 10.7. The van der Waals surface area contributed by atoms with Crippen LogP contribution in [-0.4, -0.2) is 30.8 Å². The van der Waals surface area contributed by atoms with Crippen molar-refractivity contribution in [3.05, 3.63) is 29.8 Å². The van der Waals surface area contributed by atoms with Crippen molar-refractivity contribution in [2.24, 2.45) is 0 Å². The number of amides is 1. The molecule has 0 aliphatic carbocycles. The number of benzene rings is 1. The van der Waals surface area contributed by atoms with Crippen LogP contribution >= 0.6 is 0 Å². The zero-order chi connectivity index (χ0) is 11.8. The molecule has 0 bridgehead atoms. The molecule has 1 aromatic carbocycles. The first-order chi connectivity index (χ1) is 7.76. The molecule has 0 saturated carbocycles. The van der Waals surface area contributed by atoms with Crippen molar-refractivity contribution in [2.75, 3.05) is 19.8 Å². The predicted molar refractivity (Wildman–Crippen MR) is 61.4 cm³/mol. The summed E-state index contributed by atoms with van der Waals surface area (Å²) in [6, 6.07) is 7.85. The Kier molecular flexibility index (Phi) is 5.36. The summed E-state index contributed by atoms with van der Waals surface area (Å²) in [5, 5.41) is 11.0. The molecule has 88 valence electrons. The summed E-state index contributed by atoms with van der Waals surface area (Å²) < 4.78 is 5.40. The molecule has 0 unspecified atom stereocenters. The summed E-state index contributed by atoms with van der Waals surface area (Å²) in [4.78, 5) is 10.7. The van der Waals surface area contributed by atoms with Gasteiger partial charge in [-0.1, -0.05) is 19.1 Å². The summed E-state index contributed by atoms with van der Waals surface area (Å²) in [6.07, 6.45) is 1.01. The SMILES string of the molecule is CCc1ccc(OCCNC(=O)CO)cc1. The zero-order valence-corrected chi connectivity index (χ0v) is 9.40. The van der Waals surface area contributed by atoms with Crippen LogP contribution in [-0.2, 0) is 11.2 Å². The van der Waals surface area contributed by atoms with Crippen LogP contribution in [0.15, 0.2) is 24.3 Å². The van der Waals surface area contributed by atoms with Crippen molar-refractivity contribution in [2.45, 2.75) is 13.3 Å². The van der Waals surface area contributed by atoms with E-state index in [4.69, 9.17) is 9.84 Å². The number of nitrogens with one attached hydrogen (secondary N) is 1. The lowest BCUT2D eigenvalue weighted by atomic mass is 10.2. The van der Waals surface area contributed by atoms with Crippen LogP contribution in [0.1, 0.15) is 12.5 Å². The monoisotopic (exact) mass is 223 g/mol. The van der Waals surface area contributed by atoms with E-state index in [1.807, 2.05) is 24.3 Å². The van der Waals surface area contributed by atoms with Crippen LogP contribution < -0.4 is 10.1 Å². The number of ether oxygens (including phenoxy) is 1. The van der Waals surface area contributed by atoms with Crippen LogP contribution in [0, 0.1) is 0 Å². The van der Waals surface area contributed by atoms with Crippen LogP contribution in [0.3, 0.4) is 0 Å². The van der Waals surface area contributed by atoms with Crippen LogP contribution in [0.5, 0.6) is 5.75 Å². The lowest BCUT2D eigenvalue weighted by molar-refractivity contribution is -0.123. The molecule has 0 saturated heterocycles. The van der Waals surface area contributed by atoms with E-state index in [1.165, 1.54) is 5.56 Å². The first-order valence-corrected chi connectivity index (χ1v) is 5.35. The summed E-state index contributed by atoms with van der Waals surface area (Å²) in [5.41, 5.74) is 1.26. The van der Waals surface area contributed by atoms with Gasteiger partial charge in [-0.2, -0.15) is 0 Å². The van der Waals surface area contributed by atoms with E-state index in [0.717, 1.165) is 12.2 Å². The molecule has 0 heterocycles. The van der Waals surface area contributed by atoms with Gasteiger partial charge in [-0.25, -0.2) is 0 Å². The average Bonchev–Trinajstić information content (AvgIpc) is 2.35. The second-order valence-electron chi connectivity index (χ2n) is 3.35. The second kappa shape index (κ2) is 6.85. The lowest BCUT2D eigenvalue weighted by Crippen LogP contribution is -2.30. The van der Waals surface area contributed by atoms with E-state index < -0.39 is 6.61 Å². The van der Waals surface area contributed by atoms with Gasteiger partial charge in [0.15, 0.2) is 0 Å². The van der Waals surface area contributed by atoms with E-state index in [-0.39, 0.29) is 5.91 Å². The highest BCUT2D eigenvalue weighted by molar-refractivity contribution is 5.76. The normalized spacial score (nSPS) is 9.88. The number of carbonyl (C=O) groups excluding carboxylic acids is 1. The fraction of sp³-hybridized carbons (Fsp3) is 0.417. The van der Waals surface area contributed by atoms with Gasteiger partial charge in [-0.15, -0.1) is 0 Å². The number of carbonyl (C=O) groups is 1. The fourth-order valence-electron chi connectivity index (χ4n) is 1.24. The Balaban J connectivity index is 2.24. The molecular weight excluding hydrogens is 206 g/mol. The molecule has 0 spiro atoms. The first kappa shape index (κ1) is 12.5. The fourth-order valence-corrected chi connectivity index (χ4v) is 1.24. The standard InChI is InChI=1S/C12H17NO3/c1-2-10-3-5-11(6-4-10)16-8-7-13-12(15)9-14/h3-6,14H,2,7-9H2,1H3,(H,13,15). The Bertz CT molecular complexity index is 322. The molecule has 2 N–H and O–H groups in total. The maximum Gasteiger partial charge on any atom is 0.245 e. The minimum absolute atomic E-state index is 0.384. The Morgan fingerprint density at radius 1 is 1.38 bits per heavy atom. The minimum Gasteiger partial charge on any atom is -0.492 e. The molecule has 16 heavy (non-hydrogen) atoms. The zero-order valence-electron chi connectivity index (χ0n) is 9.40. The number of aliphatic hydroxyl groups excluding tert-OH is 1. The molecule has 0 atom stereocenters. The molecule has 1 aromatic rings. The largest absolute Gasteiger partial charge is 0.492 e.